The van der Waals surface area contributed by atoms with Gasteiger partial charge in [0.25, 0.3) is 0 Å². The van der Waals surface area contributed by atoms with E-state index in [1.165, 1.54) is 4.88 Å². The van der Waals surface area contributed by atoms with E-state index in [4.69, 9.17) is 13.9 Å². The number of aliphatic imine (C=N–C) groups is 1. The van der Waals surface area contributed by atoms with Crippen LogP contribution in [0, 0.1) is 0 Å². The molecule has 1 aliphatic heterocycles. The molecule has 1 aliphatic rings. The maximum Gasteiger partial charge on any atom is 0.196 e. The average molecular weight is 525 g/mol. The van der Waals surface area contributed by atoms with Gasteiger partial charge in [0.15, 0.2) is 17.5 Å². The molecule has 2 aromatic heterocycles. The Morgan fingerprint density at radius 3 is 2.76 bits per heavy atom. The van der Waals surface area contributed by atoms with E-state index < -0.39 is 0 Å². The van der Waals surface area contributed by atoms with Crippen LogP contribution in [0.2, 0.25) is 0 Å². The van der Waals surface area contributed by atoms with Crippen molar-refractivity contribution in [2.75, 3.05) is 25.1 Å². The quantitative estimate of drug-likeness (QED) is 0.272. The van der Waals surface area contributed by atoms with Crippen molar-refractivity contribution >= 4 is 47.0 Å². The SMILES string of the molecule is I.c1coc(CN=C(NCCc2cccs2)Nc2ccc3c(c2)OCCCO3)c1. The van der Waals surface area contributed by atoms with Crippen LogP contribution < -0.4 is 20.1 Å². The predicted octanol–water partition coefficient (Wildman–Crippen LogP) is 4.92. The van der Waals surface area contributed by atoms with Crippen molar-refractivity contribution in [1.82, 2.24) is 5.32 Å². The van der Waals surface area contributed by atoms with Gasteiger partial charge in [-0.15, -0.1) is 35.3 Å². The lowest BCUT2D eigenvalue weighted by Gasteiger charge is -2.14. The predicted molar refractivity (Wildman–Crippen MR) is 127 cm³/mol. The number of nitrogens with zero attached hydrogens (tertiary/aromatic N) is 1. The first-order chi connectivity index (χ1) is 13.9. The van der Waals surface area contributed by atoms with Gasteiger partial charge in [0.05, 0.1) is 19.5 Å². The molecule has 3 heterocycles. The van der Waals surface area contributed by atoms with E-state index in [9.17, 15) is 0 Å². The summed E-state index contributed by atoms with van der Waals surface area (Å²) in [5.74, 6) is 3.05. The fraction of sp³-hybridized carbons (Fsp3) is 0.286. The number of furan rings is 1. The van der Waals surface area contributed by atoms with Crippen LogP contribution in [-0.4, -0.2) is 25.7 Å². The first kappa shape index (κ1) is 21.5. The Kier molecular flexibility index (Phi) is 8.24. The van der Waals surface area contributed by atoms with Crippen molar-refractivity contribution in [3.05, 3.63) is 64.7 Å². The molecule has 4 rings (SSSR count). The number of fused-ring (bicyclic) bond motifs is 1. The minimum absolute atomic E-state index is 0. The number of rotatable bonds is 6. The maximum absolute atomic E-state index is 5.78. The Balaban J connectivity index is 0.00000240. The third kappa shape index (κ3) is 6.40. The zero-order chi connectivity index (χ0) is 19.0. The molecule has 0 aliphatic carbocycles. The molecule has 0 saturated heterocycles. The van der Waals surface area contributed by atoms with E-state index in [1.807, 2.05) is 30.3 Å². The van der Waals surface area contributed by atoms with Gasteiger partial charge < -0.3 is 24.5 Å². The number of hydrogen-bond acceptors (Lipinski definition) is 5. The molecule has 0 saturated carbocycles. The summed E-state index contributed by atoms with van der Waals surface area (Å²) in [5, 5.41) is 8.84. The summed E-state index contributed by atoms with van der Waals surface area (Å²) in [6, 6.07) is 13.8. The minimum atomic E-state index is 0. The molecule has 0 atom stereocenters. The van der Waals surface area contributed by atoms with E-state index >= 15 is 0 Å². The highest BCUT2D eigenvalue weighted by atomic mass is 127. The van der Waals surface area contributed by atoms with Gasteiger partial charge in [-0.05, 0) is 42.1 Å². The van der Waals surface area contributed by atoms with Crippen LogP contribution in [-0.2, 0) is 13.0 Å². The van der Waals surface area contributed by atoms with Gasteiger partial charge in [0, 0.05) is 29.6 Å². The van der Waals surface area contributed by atoms with E-state index in [-0.39, 0.29) is 24.0 Å². The standard InChI is InChI=1S/C21H23N3O3S.HI/c1-4-17(25-10-1)15-23-21(22-9-8-18-5-2-13-28-18)24-16-6-7-19-20(14-16)27-12-3-11-26-19;/h1-2,4-7,10,13-14H,3,8-9,11-12,15H2,(H2,22,23,24);1H. The normalized spacial score (nSPS) is 13.3. The highest BCUT2D eigenvalue weighted by molar-refractivity contribution is 14.0. The number of thiophene rings is 1. The zero-order valence-electron chi connectivity index (χ0n) is 15.9. The summed E-state index contributed by atoms with van der Waals surface area (Å²) >= 11 is 1.76. The largest absolute Gasteiger partial charge is 0.490 e. The number of ether oxygens (including phenoxy) is 2. The van der Waals surface area contributed by atoms with Crippen molar-refractivity contribution in [2.45, 2.75) is 19.4 Å². The molecule has 29 heavy (non-hydrogen) atoms. The molecule has 0 fully saturated rings. The van der Waals surface area contributed by atoms with E-state index in [0.717, 1.165) is 42.3 Å². The number of hydrogen-bond donors (Lipinski definition) is 2. The van der Waals surface area contributed by atoms with Crippen molar-refractivity contribution in [3.8, 4) is 11.5 Å². The van der Waals surface area contributed by atoms with Gasteiger partial charge in [-0.1, -0.05) is 6.07 Å². The van der Waals surface area contributed by atoms with Crippen LogP contribution in [0.5, 0.6) is 11.5 Å². The Morgan fingerprint density at radius 1 is 1.07 bits per heavy atom. The Labute approximate surface area is 191 Å². The average Bonchev–Trinajstić information content (AvgIpc) is 3.37. The molecule has 0 unspecified atom stereocenters. The van der Waals surface area contributed by atoms with Gasteiger partial charge in [-0.3, -0.25) is 0 Å². The van der Waals surface area contributed by atoms with Crippen molar-refractivity contribution < 1.29 is 13.9 Å². The summed E-state index contributed by atoms with van der Waals surface area (Å²) < 4.78 is 16.9. The Bertz CT molecular complexity index is 898. The molecule has 8 heteroatoms. The second-order valence-corrected chi connectivity index (χ2v) is 7.37. The van der Waals surface area contributed by atoms with Gasteiger partial charge in [0.2, 0.25) is 0 Å². The third-order valence-electron chi connectivity index (χ3n) is 4.23. The summed E-state index contributed by atoms with van der Waals surface area (Å²) in [5.41, 5.74) is 0.895. The van der Waals surface area contributed by atoms with E-state index in [2.05, 4.69) is 33.1 Å². The monoisotopic (exact) mass is 525 g/mol. The molecule has 0 radical (unpaired) electrons. The minimum Gasteiger partial charge on any atom is -0.490 e. The summed E-state index contributed by atoms with van der Waals surface area (Å²) in [6.45, 7) is 2.59. The van der Waals surface area contributed by atoms with Crippen LogP contribution in [0.3, 0.4) is 0 Å². The summed E-state index contributed by atoms with van der Waals surface area (Å²) in [7, 11) is 0. The number of nitrogens with one attached hydrogen (secondary N) is 2. The molecular formula is C21H24IN3O3S. The van der Waals surface area contributed by atoms with Crippen LogP contribution in [0.15, 0.2) is 63.5 Å². The molecule has 2 N–H and O–H groups in total. The summed E-state index contributed by atoms with van der Waals surface area (Å²) in [4.78, 5) is 5.98. The number of guanidine groups is 1. The van der Waals surface area contributed by atoms with Crippen LogP contribution in [0.1, 0.15) is 17.1 Å². The second kappa shape index (κ2) is 11.1. The number of benzene rings is 1. The van der Waals surface area contributed by atoms with Crippen LogP contribution in [0.25, 0.3) is 0 Å². The van der Waals surface area contributed by atoms with Crippen LogP contribution in [0.4, 0.5) is 5.69 Å². The number of anilines is 1. The van der Waals surface area contributed by atoms with Gasteiger partial charge >= 0.3 is 0 Å². The van der Waals surface area contributed by atoms with E-state index in [1.54, 1.807) is 17.6 Å². The lowest BCUT2D eigenvalue weighted by atomic mass is 10.2. The molecule has 1 aromatic carbocycles. The molecular weight excluding hydrogens is 501 g/mol. The third-order valence-corrected chi connectivity index (χ3v) is 5.16. The van der Waals surface area contributed by atoms with Gasteiger partial charge in [-0.2, -0.15) is 0 Å². The Morgan fingerprint density at radius 2 is 1.97 bits per heavy atom. The van der Waals surface area contributed by atoms with Crippen molar-refractivity contribution in [3.63, 3.8) is 0 Å². The zero-order valence-corrected chi connectivity index (χ0v) is 19.1. The number of halogens is 1. The summed E-state index contributed by atoms with van der Waals surface area (Å²) in [6.07, 6.45) is 3.49. The molecule has 154 valence electrons. The smallest absolute Gasteiger partial charge is 0.196 e. The highest BCUT2D eigenvalue weighted by Crippen LogP contribution is 2.32. The topological polar surface area (TPSA) is 68.0 Å². The maximum atomic E-state index is 5.78. The highest BCUT2D eigenvalue weighted by Gasteiger charge is 2.11. The fourth-order valence-electron chi connectivity index (χ4n) is 2.84. The molecule has 6 nitrogen and oxygen atoms in total. The second-order valence-electron chi connectivity index (χ2n) is 6.34. The van der Waals surface area contributed by atoms with E-state index in [0.29, 0.717) is 25.7 Å². The fourth-order valence-corrected chi connectivity index (χ4v) is 3.54. The van der Waals surface area contributed by atoms with Gasteiger partial charge in [-0.25, -0.2) is 4.99 Å². The van der Waals surface area contributed by atoms with Gasteiger partial charge in [0.1, 0.15) is 12.3 Å². The Hall–Kier alpha value is -2.20. The molecule has 0 bridgehead atoms. The lowest BCUT2D eigenvalue weighted by Crippen LogP contribution is -2.32. The van der Waals surface area contributed by atoms with Crippen LogP contribution >= 0.6 is 35.3 Å². The molecule has 0 spiro atoms. The van der Waals surface area contributed by atoms with Crippen molar-refractivity contribution in [2.24, 2.45) is 4.99 Å². The lowest BCUT2D eigenvalue weighted by molar-refractivity contribution is 0.297. The molecule has 0 amide bonds. The first-order valence-electron chi connectivity index (χ1n) is 9.36. The molecule has 3 aromatic rings. The van der Waals surface area contributed by atoms with Crippen molar-refractivity contribution in [1.29, 1.82) is 0 Å². The first-order valence-corrected chi connectivity index (χ1v) is 10.2.